The van der Waals surface area contributed by atoms with Gasteiger partial charge in [0.25, 0.3) is 5.56 Å². The molecule has 1 aliphatic heterocycles. The minimum Gasteiger partial charge on any atom is -0.311 e. The minimum absolute atomic E-state index is 0.0327. The van der Waals surface area contributed by atoms with Crippen molar-refractivity contribution >= 4 is 21.6 Å². The number of halogens is 1. The van der Waals surface area contributed by atoms with Crippen molar-refractivity contribution in [2.45, 2.75) is 38.1 Å². The maximum absolute atomic E-state index is 13.5. The molecule has 2 heterocycles. The zero-order chi connectivity index (χ0) is 21.2. The quantitative estimate of drug-likeness (QED) is 0.715. The van der Waals surface area contributed by atoms with Crippen molar-refractivity contribution in [3.8, 4) is 0 Å². The van der Waals surface area contributed by atoms with Gasteiger partial charge < -0.3 is 9.47 Å². The Bertz CT molecular complexity index is 1080. The average Bonchev–Trinajstić information content (AvgIpc) is 2.69. The summed E-state index contributed by atoms with van der Waals surface area (Å²) < 4.78 is 41.3. The van der Waals surface area contributed by atoms with Crippen LogP contribution in [-0.4, -0.2) is 42.8 Å². The SMILES string of the molecule is CCN(CC)S(=O)(=O)c1ccc(=O)n(CC(=O)N2CCCc3cc(F)ccc32)c1. The van der Waals surface area contributed by atoms with E-state index in [1.165, 1.54) is 33.6 Å². The smallest absolute Gasteiger partial charge is 0.251 e. The summed E-state index contributed by atoms with van der Waals surface area (Å²) in [6.07, 6.45) is 2.57. The van der Waals surface area contributed by atoms with Crippen LogP contribution in [0.5, 0.6) is 0 Å². The van der Waals surface area contributed by atoms with Gasteiger partial charge in [-0.2, -0.15) is 4.31 Å². The Kier molecular flexibility index (Phi) is 6.18. The zero-order valence-corrected chi connectivity index (χ0v) is 17.3. The molecule has 2 aromatic rings. The van der Waals surface area contributed by atoms with Crippen LogP contribution >= 0.6 is 0 Å². The number of sulfonamides is 1. The Labute approximate surface area is 169 Å². The molecule has 9 heteroatoms. The summed E-state index contributed by atoms with van der Waals surface area (Å²) in [5.41, 5.74) is 0.908. The van der Waals surface area contributed by atoms with Gasteiger partial charge in [0.1, 0.15) is 12.4 Å². The molecule has 1 aliphatic rings. The first-order valence-corrected chi connectivity index (χ1v) is 11.0. The standard InChI is InChI=1S/C20H24FN3O4S/c1-3-23(4-2)29(27,28)17-8-10-19(25)22(13-17)14-20(26)24-11-5-6-15-12-16(21)7-9-18(15)24/h7-10,12-13H,3-6,11,14H2,1-2H3. The Morgan fingerprint density at radius 2 is 1.90 bits per heavy atom. The van der Waals surface area contributed by atoms with Crippen molar-refractivity contribution in [1.82, 2.24) is 8.87 Å². The predicted molar refractivity (Wildman–Crippen MR) is 108 cm³/mol. The summed E-state index contributed by atoms with van der Waals surface area (Å²) >= 11 is 0. The third-order valence-electron chi connectivity index (χ3n) is 5.07. The Balaban J connectivity index is 1.90. The van der Waals surface area contributed by atoms with Crippen molar-refractivity contribution in [3.63, 3.8) is 0 Å². The number of fused-ring (bicyclic) bond motifs is 1. The van der Waals surface area contributed by atoms with Crippen LogP contribution in [0.3, 0.4) is 0 Å². The van der Waals surface area contributed by atoms with Crippen molar-refractivity contribution in [1.29, 1.82) is 0 Å². The lowest BCUT2D eigenvalue weighted by atomic mass is 10.0. The molecule has 29 heavy (non-hydrogen) atoms. The monoisotopic (exact) mass is 421 g/mol. The lowest BCUT2D eigenvalue weighted by Crippen LogP contribution is -2.40. The number of amides is 1. The van der Waals surface area contributed by atoms with E-state index in [4.69, 9.17) is 0 Å². The molecule has 1 aromatic carbocycles. The van der Waals surface area contributed by atoms with Crippen molar-refractivity contribution in [3.05, 3.63) is 58.3 Å². The molecular formula is C20H24FN3O4S. The van der Waals surface area contributed by atoms with Crippen LogP contribution in [0, 0.1) is 5.82 Å². The number of carbonyl (C=O) groups excluding carboxylic acids is 1. The number of pyridine rings is 1. The summed E-state index contributed by atoms with van der Waals surface area (Å²) in [5, 5.41) is 0. The van der Waals surface area contributed by atoms with E-state index in [0.717, 1.165) is 16.2 Å². The van der Waals surface area contributed by atoms with E-state index in [1.807, 2.05) is 0 Å². The molecule has 1 amide bonds. The Morgan fingerprint density at radius 3 is 2.59 bits per heavy atom. The van der Waals surface area contributed by atoms with E-state index >= 15 is 0 Å². The molecule has 0 saturated carbocycles. The van der Waals surface area contributed by atoms with Crippen LogP contribution in [0.1, 0.15) is 25.8 Å². The molecule has 7 nitrogen and oxygen atoms in total. The maximum atomic E-state index is 13.5. The summed E-state index contributed by atoms with van der Waals surface area (Å²) in [6.45, 7) is 4.24. The van der Waals surface area contributed by atoms with Gasteiger partial charge >= 0.3 is 0 Å². The second kappa shape index (κ2) is 8.46. The van der Waals surface area contributed by atoms with Gasteiger partial charge in [-0.15, -0.1) is 0 Å². The molecule has 0 spiro atoms. The largest absolute Gasteiger partial charge is 0.311 e. The molecule has 3 rings (SSSR count). The molecule has 0 N–H and O–H groups in total. The molecule has 0 fully saturated rings. The van der Waals surface area contributed by atoms with Crippen LogP contribution < -0.4 is 10.5 Å². The molecule has 156 valence electrons. The van der Waals surface area contributed by atoms with Crippen molar-refractivity contribution in [2.75, 3.05) is 24.5 Å². The number of hydrogen-bond donors (Lipinski definition) is 0. The van der Waals surface area contributed by atoms with Gasteiger partial charge in [-0.05, 0) is 42.7 Å². The number of aromatic nitrogens is 1. The molecule has 0 atom stereocenters. The molecule has 1 aromatic heterocycles. The molecule has 0 aliphatic carbocycles. The van der Waals surface area contributed by atoms with Gasteiger partial charge in [-0.1, -0.05) is 13.8 Å². The predicted octanol–water partition coefficient (Wildman–Crippen LogP) is 2.00. The zero-order valence-electron chi connectivity index (χ0n) is 16.5. The fraction of sp³-hybridized carbons (Fsp3) is 0.400. The van der Waals surface area contributed by atoms with Crippen LogP contribution in [0.15, 0.2) is 46.2 Å². The highest BCUT2D eigenvalue weighted by atomic mass is 32.2. The number of nitrogens with zero attached hydrogens (tertiary/aromatic N) is 3. The van der Waals surface area contributed by atoms with Crippen molar-refractivity contribution < 1.29 is 17.6 Å². The van der Waals surface area contributed by atoms with Gasteiger partial charge in [-0.3, -0.25) is 9.59 Å². The van der Waals surface area contributed by atoms with Crippen LogP contribution in [-0.2, 0) is 27.8 Å². The molecule has 0 bridgehead atoms. The topological polar surface area (TPSA) is 79.7 Å². The summed E-state index contributed by atoms with van der Waals surface area (Å²) in [6, 6.07) is 6.69. The summed E-state index contributed by atoms with van der Waals surface area (Å²) in [4.78, 5) is 26.6. The van der Waals surface area contributed by atoms with Crippen molar-refractivity contribution in [2.24, 2.45) is 0 Å². The Hall–Kier alpha value is -2.52. The second-order valence-electron chi connectivity index (χ2n) is 6.84. The average molecular weight is 421 g/mol. The third-order valence-corrected chi connectivity index (χ3v) is 7.10. The number of hydrogen-bond acceptors (Lipinski definition) is 4. The third kappa shape index (κ3) is 4.25. The van der Waals surface area contributed by atoms with E-state index in [-0.39, 0.29) is 23.2 Å². The number of carbonyl (C=O) groups is 1. The molecule has 0 saturated heterocycles. The lowest BCUT2D eigenvalue weighted by Gasteiger charge is -2.29. The van der Waals surface area contributed by atoms with E-state index in [2.05, 4.69) is 0 Å². The molecule has 0 radical (unpaired) electrons. The molecule has 0 unspecified atom stereocenters. The number of anilines is 1. The Morgan fingerprint density at radius 1 is 1.17 bits per heavy atom. The fourth-order valence-corrected chi connectivity index (χ4v) is 5.03. The van der Waals surface area contributed by atoms with Crippen LogP contribution in [0.4, 0.5) is 10.1 Å². The first-order valence-electron chi connectivity index (χ1n) is 9.57. The second-order valence-corrected chi connectivity index (χ2v) is 8.78. The van der Waals surface area contributed by atoms with Gasteiger partial charge in [-0.25, -0.2) is 12.8 Å². The van der Waals surface area contributed by atoms with Crippen LogP contribution in [0.2, 0.25) is 0 Å². The van der Waals surface area contributed by atoms with E-state index in [1.54, 1.807) is 19.9 Å². The number of benzene rings is 1. The highest BCUT2D eigenvalue weighted by Crippen LogP contribution is 2.28. The van der Waals surface area contributed by atoms with Gasteiger partial charge in [0.15, 0.2) is 0 Å². The van der Waals surface area contributed by atoms with E-state index < -0.39 is 15.6 Å². The first-order chi connectivity index (χ1) is 13.8. The summed E-state index contributed by atoms with van der Waals surface area (Å²) in [5.74, 6) is -0.708. The fourth-order valence-electron chi connectivity index (χ4n) is 3.55. The van der Waals surface area contributed by atoms with Gasteiger partial charge in [0, 0.05) is 37.6 Å². The van der Waals surface area contributed by atoms with E-state index in [0.29, 0.717) is 38.2 Å². The molecular weight excluding hydrogens is 397 g/mol. The summed E-state index contributed by atoms with van der Waals surface area (Å²) in [7, 11) is -3.75. The normalized spacial score (nSPS) is 14.1. The first kappa shape index (κ1) is 21.2. The van der Waals surface area contributed by atoms with Gasteiger partial charge in [0.2, 0.25) is 15.9 Å². The maximum Gasteiger partial charge on any atom is 0.251 e. The lowest BCUT2D eigenvalue weighted by molar-refractivity contribution is -0.119. The van der Waals surface area contributed by atoms with E-state index in [9.17, 15) is 22.4 Å². The van der Waals surface area contributed by atoms with Gasteiger partial charge in [0.05, 0.1) is 4.90 Å². The highest BCUT2D eigenvalue weighted by Gasteiger charge is 2.25. The minimum atomic E-state index is -3.75. The number of rotatable bonds is 6. The highest BCUT2D eigenvalue weighted by molar-refractivity contribution is 7.89. The number of aryl methyl sites for hydroxylation is 1. The van der Waals surface area contributed by atoms with Crippen LogP contribution in [0.25, 0.3) is 0 Å².